The number of aliphatic hydroxyl groups excluding tert-OH is 1. The van der Waals surface area contributed by atoms with Crippen molar-refractivity contribution < 1.29 is 5.11 Å². The van der Waals surface area contributed by atoms with Crippen LogP contribution in [0.15, 0.2) is 24.3 Å². The van der Waals surface area contributed by atoms with E-state index < -0.39 is 0 Å². The van der Waals surface area contributed by atoms with Crippen molar-refractivity contribution in [2.75, 3.05) is 13.2 Å². The third-order valence-electron chi connectivity index (χ3n) is 3.14. The summed E-state index contributed by atoms with van der Waals surface area (Å²) in [6.45, 7) is 3.15. The number of hydrogen-bond donors (Lipinski definition) is 2. The van der Waals surface area contributed by atoms with Crippen LogP contribution < -0.4 is 5.32 Å². The lowest BCUT2D eigenvalue weighted by Gasteiger charge is -2.21. The van der Waals surface area contributed by atoms with Crippen molar-refractivity contribution in [1.29, 1.82) is 0 Å². The van der Waals surface area contributed by atoms with Crippen molar-refractivity contribution in [3.05, 3.63) is 34.9 Å². The summed E-state index contributed by atoms with van der Waals surface area (Å²) in [6, 6.07) is 7.98. The number of nitrogens with one attached hydrogen (secondary N) is 1. The molecular weight excluding hydrogens is 210 g/mol. The highest BCUT2D eigenvalue weighted by molar-refractivity contribution is 6.30. The Bertz CT molecular complexity index is 355. The van der Waals surface area contributed by atoms with Crippen LogP contribution in [-0.2, 0) is 0 Å². The predicted octanol–water partition coefficient (Wildman–Crippen LogP) is 2.17. The summed E-state index contributed by atoms with van der Waals surface area (Å²) in [5.41, 5.74) is 1.12. The molecule has 1 aliphatic heterocycles. The van der Waals surface area contributed by atoms with Crippen LogP contribution in [0.2, 0.25) is 5.02 Å². The first-order valence-electron chi connectivity index (χ1n) is 5.24. The average Bonchev–Trinajstić information content (AvgIpc) is 2.62. The molecule has 2 nitrogen and oxygen atoms in total. The molecule has 0 saturated carbocycles. The van der Waals surface area contributed by atoms with Crippen molar-refractivity contribution in [1.82, 2.24) is 5.32 Å². The molecule has 2 unspecified atom stereocenters. The van der Waals surface area contributed by atoms with Gasteiger partial charge in [0.2, 0.25) is 0 Å². The molecule has 1 heterocycles. The van der Waals surface area contributed by atoms with Gasteiger partial charge in [-0.25, -0.2) is 0 Å². The summed E-state index contributed by atoms with van der Waals surface area (Å²) in [5, 5.41) is 13.4. The molecule has 0 amide bonds. The predicted molar refractivity (Wildman–Crippen MR) is 62.3 cm³/mol. The van der Waals surface area contributed by atoms with Gasteiger partial charge in [0.15, 0.2) is 0 Å². The van der Waals surface area contributed by atoms with Gasteiger partial charge >= 0.3 is 0 Å². The highest BCUT2D eigenvalue weighted by atomic mass is 35.5. The topological polar surface area (TPSA) is 32.3 Å². The third-order valence-corrected chi connectivity index (χ3v) is 3.38. The zero-order valence-electron chi connectivity index (χ0n) is 8.83. The average molecular weight is 226 g/mol. The van der Waals surface area contributed by atoms with Crippen molar-refractivity contribution in [2.45, 2.75) is 24.8 Å². The second kappa shape index (κ2) is 4.12. The van der Waals surface area contributed by atoms with Gasteiger partial charge in [0.1, 0.15) is 0 Å². The van der Waals surface area contributed by atoms with Crippen LogP contribution in [-0.4, -0.2) is 23.8 Å². The lowest BCUT2D eigenvalue weighted by atomic mass is 9.91. The quantitative estimate of drug-likeness (QED) is 0.809. The molecule has 1 aromatic carbocycles. The molecule has 0 bridgehead atoms. The highest BCUT2D eigenvalue weighted by Gasteiger charge is 2.34. The Morgan fingerprint density at radius 3 is 3.00 bits per heavy atom. The van der Waals surface area contributed by atoms with Crippen molar-refractivity contribution >= 4 is 11.6 Å². The standard InChI is InChI=1S/C12H16ClNO/c1-12(8-15)6-10(7-14-12)9-3-2-4-11(13)5-9/h2-5,10,14-15H,6-8H2,1H3. The highest BCUT2D eigenvalue weighted by Crippen LogP contribution is 2.32. The lowest BCUT2D eigenvalue weighted by Crippen LogP contribution is -2.39. The summed E-state index contributed by atoms with van der Waals surface area (Å²) < 4.78 is 0. The van der Waals surface area contributed by atoms with Crippen LogP contribution in [0.25, 0.3) is 0 Å². The molecule has 1 saturated heterocycles. The molecule has 15 heavy (non-hydrogen) atoms. The minimum absolute atomic E-state index is 0.132. The maximum Gasteiger partial charge on any atom is 0.0610 e. The van der Waals surface area contributed by atoms with Gasteiger partial charge in [0, 0.05) is 17.1 Å². The van der Waals surface area contributed by atoms with E-state index in [4.69, 9.17) is 11.6 Å². The van der Waals surface area contributed by atoms with Gasteiger partial charge in [-0.2, -0.15) is 0 Å². The van der Waals surface area contributed by atoms with Gasteiger partial charge in [-0.05, 0) is 37.0 Å². The van der Waals surface area contributed by atoms with Gasteiger partial charge in [-0.3, -0.25) is 0 Å². The summed E-state index contributed by atoms with van der Waals surface area (Å²) in [6.07, 6.45) is 0.962. The van der Waals surface area contributed by atoms with Gasteiger partial charge in [-0.1, -0.05) is 23.7 Å². The van der Waals surface area contributed by atoms with Crippen LogP contribution >= 0.6 is 11.6 Å². The summed E-state index contributed by atoms with van der Waals surface area (Å²) in [5.74, 6) is 0.459. The normalized spacial score (nSPS) is 30.7. The smallest absolute Gasteiger partial charge is 0.0610 e. The Balaban J connectivity index is 2.14. The van der Waals surface area contributed by atoms with E-state index in [1.165, 1.54) is 5.56 Å². The number of rotatable bonds is 2. The molecule has 1 aromatic rings. The van der Waals surface area contributed by atoms with E-state index in [-0.39, 0.29) is 12.1 Å². The van der Waals surface area contributed by atoms with Crippen LogP contribution in [0, 0.1) is 0 Å². The van der Waals surface area contributed by atoms with Gasteiger partial charge in [0.05, 0.1) is 6.61 Å². The molecule has 2 rings (SSSR count). The molecule has 3 heteroatoms. The van der Waals surface area contributed by atoms with E-state index in [2.05, 4.69) is 18.3 Å². The van der Waals surface area contributed by atoms with E-state index in [1.54, 1.807) is 0 Å². The maximum absolute atomic E-state index is 9.26. The van der Waals surface area contributed by atoms with E-state index in [1.807, 2.05) is 18.2 Å². The van der Waals surface area contributed by atoms with Crippen molar-refractivity contribution in [3.8, 4) is 0 Å². The van der Waals surface area contributed by atoms with Crippen LogP contribution in [0.4, 0.5) is 0 Å². The Labute approximate surface area is 95.3 Å². The molecule has 0 aromatic heterocycles. The number of benzene rings is 1. The fourth-order valence-corrected chi connectivity index (χ4v) is 2.37. The van der Waals surface area contributed by atoms with E-state index in [0.717, 1.165) is 18.0 Å². The van der Waals surface area contributed by atoms with Gasteiger partial charge in [0.25, 0.3) is 0 Å². The van der Waals surface area contributed by atoms with Crippen LogP contribution in [0.5, 0.6) is 0 Å². The molecule has 0 aliphatic carbocycles. The summed E-state index contributed by atoms with van der Waals surface area (Å²) in [4.78, 5) is 0. The molecule has 0 spiro atoms. The first-order chi connectivity index (χ1) is 7.13. The summed E-state index contributed by atoms with van der Waals surface area (Å²) in [7, 11) is 0. The maximum atomic E-state index is 9.26. The third kappa shape index (κ3) is 2.33. The first-order valence-corrected chi connectivity index (χ1v) is 5.62. The van der Waals surface area contributed by atoms with E-state index in [0.29, 0.717) is 5.92 Å². The molecule has 1 fully saturated rings. The summed E-state index contributed by atoms with van der Waals surface area (Å²) >= 11 is 5.96. The van der Waals surface area contributed by atoms with E-state index in [9.17, 15) is 5.11 Å². The Morgan fingerprint density at radius 1 is 1.60 bits per heavy atom. The van der Waals surface area contributed by atoms with Crippen LogP contribution in [0.3, 0.4) is 0 Å². The second-order valence-corrected chi connectivity index (χ2v) is 4.99. The van der Waals surface area contributed by atoms with E-state index >= 15 is 0 Å². The molecule has 2 N–H and O–H groups in total. The Hall–Kier alpha value is -0.570. The lowest BCUT2D eigenvalue weighted by molar-refractivity contribution is 0.191. The van der Waals surface area contributed by atoms with Crippen LogP contribution in [0.1, 0.15) is 24.8 Å². The largest absolute Gasteiger partial charge is 0.394 e. The fourth-order valence-electron chi connectivity index (χ4n) is 2.17. The molecule has 82 valence electrons. The fraction of sp³-hybridized carbons (Fsp3) is 0.500. The second-order valence-electron chi connectivity index (χ2n) is 4.56. The van der Waals surface area contributed by atoms with Gasteiger partial charge in [-0.15, -0.1) is 0 Å². The SMILES string of the molecule is CC1(CO)CC(c2cccc(Cl)c2)CN1. The number of hydrogen-bond acceptors (Lipinski definition) is 2. The zero-order chi connectivity index (χ0) is 10.9. The minimum Gasteiger partial charge on any atom is -0.394 e. The first kappa shape index (κ1) is 10.9. The minimum atomic E-state index is -0.132. The van der Waals surface area contributed by atoms with Gasteiger partial charge < -0.3 is 10.4 Å². The Kier molecular flexibility index (Phi) is 3.01. The molecular formula is C12H16ClNO. The monoisotopic (exact) mass is 225 g/mol. The molecule has 1 aliphatic rings. The Morgan fingerprint density at radius 2 is 2.40 bits per heavy atom. The zero-order valence-corrected chi connectivity index (χ0v) is 9.59. The number of aliphatic hydroxyl groups is 1. The molecule has 0 radical (unpaired) electrons. The molecule has 2 atom stereocenters. The number of halogens is 1. The van der Waals surface area contributed by atoms with Crippen molar-refractivity contribution in [2.24, 2.45) is 0 Å². The van der Waals surface area contributed by atoms with Crippen molar-refractivity contribution in [3.63, 3.8) is 0 Å².